The number of halogens is 1. The molecule has 1 aromatic rings. The second-order valence-corrected chi connectivity index (χ2v) is 5.54. The highest BCUT2D eigenvalue weighted by molar-refractivity contribution is 6.30. The van der Waals surface area contributed by atoms with Crippen molar-refractivity contribution in [2.75, 3.05) is 11.4 Å². The van der Waals surface area contributed by atoms with Crippen LogP contribution in [0.25, 0.3) is 0 Å². The van der Waals surface area contributed by atoms with E-state index in [0.717, 1.165) is 36.5 Å². The fourth-order valence-electron chi connectivity index (χ4n) is 2.90. The first-order chi connectivity index (χ1) is 8.74. The number of nitrogens with one attached hydrogen (secondary N) is 1. The number of anilines is 1. The van der Waals surface area contributed by atoms with Gasteiger partial charge < -0.3 is 5.32 Å². The Hall–Kier alpha value is -1.22. The second kappa shape index (κ2) is 4.81. The van der Waals surface area contributed by atoms with Crippen molar-refractivity contribution in [2.45, 2.75) is 38.1 Å². The van der Waals surface area contributed by atoms with Gasteiger partial charge in [0.2, 0.25) is 0 Å². The topological polar surface area (TPSA) is 32.3 Å². The van der Waals surface area contributed by atoms with Gasteiger partial charge in [0.25, 0.3) is 0 Å². The molecule has 0 spiro atoms. The smallest absolute Gasteiger partial charge is 0.322 e. The van der Waals surface area contributed by atoms with Crippen LogP contribution in [0, 0.1) is 0 Å². The second-order valence-electron chi connectivity index (χ2n) is 5.11. The Morgan fingerprint density at radius 3 is 2.89 bits per heavy atom. The Kier molecular flexibility index (Phi) is 3.16. The maximum Gasteiger partial charge on any atom is 0.322 e. The molecule has 18 heavy (non-hydrogen) atoms. The van der Waals surface area contributed by atoms with Gasteiger partial charge in [-0.2, -0.15) is 0 Å². The highest BCUT2D eigenvalue weighted by atomic mass is 35.5. The third kappa shape index (κ3) is 2.19. The predicted octanol–water partition coefficient (Wildman–Crippen LogP) is 3.35. The molecule has 0 radical (unpaired) electrons. The zero-order chi connectivity index (χ0) is 12.5. The molecule has 0 bridgehead atoms. The fourth-order valence-corrected chi connectivity index (χ4v) is 3.10. The van der Waals surface area contributed by atoms with E-state index in [1.54, 1.807) is 0 Å². The quantitative estimate of drug-likeness (QED) is 0.829. The Labute approximate surface area is 112 Å². The monoisotopic (exact) mass is 264 g/mol. The largest absolute Gasteiger partial charge is 0.335 e. The molecule has 4 heteroatoms. The van der Waals surface area contributed by atoms with E-state index in [1.807, 2.05) is 23.1 Å². The lowest BCUT2D eigenvalue weighted by atomic mass is 10.2. The zero-order valence-corrected chi connectivity index (χ0v) is 11.0. The van der Waals surface area contributed by atoms with Gasteiger partial charge in [-0.3, -0.25) is 4.90 Å². The molecule has 2 amide bonds. The van der Waals surface area contributed by atoms with E-state index in [2.05, 4.69) is 5.32 Å². The molecule has 2 aliphatic rings. The Morgan fingerprint density at radius 1 is 1.33 bits per heavy atom. The number of hydrogen-bond acceptors (Lipinski definition) is 1. The van der Waals surface area contributed by atoms with Crippen molar-refractivity contribution < 1.29 is 4.79 Å². The molecule has 0 atom stereocenters. The van der Waals surface area contributed by atoms with Crippen molar-refractivity contribution >= 4 is 23.3 Å². The summed E-state index contributed by atoms with van der Waals surface area (Å²) in [7, 11) is 0. The highest BCUT2D eigenvalue weighted by Crippen LogP contribution is 2.30. The number of amides is 2. The van der Waals surface area contributed by atoms with Gasteiger partial charge in [-0.1, -0.05) is 24.4 Å². The van der Waals surface area contributed by atoms with Crippen LogP contribution in [0.4, 0.5) is 10.5 Å². The van der Waals surface area contributed by atoms with Crippen LogP contribution in [0.2, 0.25) is 5.02 Å². The lowest BCUT2D eigenvalue weighted by Crippen LogP contribution is -2.43. The average Bonchev–Trinajstić information content (AvgIpc) is 2.97. The highest BCUT2D eigenvalue weighted by Gasteiger charge is 2.27. The van der Waals surface area contributed by atoms with E-state index in [9.17, 15) is 4.79 Å². The molecule has 1 heterocycles. The van der Waals surface area contributed by atoms with E-state index in [-0.39, 0.29) is 6.03 Å². The van der Waals surface area contributed by atoms with Crippen LogP contribution in [0.15, 0.2) is 18.2 Å². The van der Waals surface area contributed by atoms with Crippen LogP contribution < -0.4 is 10.2 Å². The Balaban J connectivity index is 1.73. The molecular formula is C14H17ClN2O. The molecule has 3 rings (SSSR count). The summed E-state index contributed by atoms with van der Waals surface area (Å²) in [5, 5.41) is 3.87. The Morgan fingerprint density at radius 2 is 2.11 bits per heavy atom. The fraction of sp³-hybridized carbons (Fsp3) is 0.500. The van der Waals surface area contributed by atoms with Crippen LogP contribution in [0.3, 0.4) is 0 Å². The van der Waals surface area contributed by atoms with E-state index in [0.29, 0.717) is 6.04 Å². The number of rotatable bonds is 1. The minimum Gasteiger partial charge on any atom is -0.335 e. The standard InChI is InChI=1S/C14H17ClN2O/c15-11-5-6-13-10(9-11)7-8-17(13)14(18)16-12-3-1-2-4-12/h5-6,9,12H,1-4,7-8H2,(H,16,18). The zero-order valence-electron chi connectivity index (χ0n) is 10.3. The van der Waals surface area contributed by atoms with Crippen molar-refractivity contribution in [2.24, 2.45) is 0 Å². The summed E-state index contributed by atoms with van der Waals surface area (Å²) in [6.07, 6.45) is 5.60. The summed E-state index contributed by atoms with van der Waals surface area (Å²) >= 11 is 5.97. The van der Waals surface area contributed by atoms with Gasteiger partial charge in [-0.25, -0.2) is 4.79 Å². The number of urea groups is 1. The van der Waals surface area contributed by atoms with Gasteiger partial charge >= 0.3 is 6.03 Å². The van der Waals surface area contributed by atoms with Crippen molar-refractivity contribution in [3.05, 3.63) is 28.8 Å². The number of carbonyl (C=O) groups is 1. The van der Waals surface area contributed by atoms with Gasteiger partial charge in [0.1, 0.15) is 0 Å². The van der Waals surface area contributed by atoms with Gasteiger partial charge in [0, 0.05) is 23.3 Å². The maximum atomic E-state index is 12.2. The van der Waals surface area contributed by atoms with Gasteiger partial charge in [-0.05, 0) is 43.0 Å². The molecule has 1 aliphatic carbocycles. The number of benzene rings is 1. The summed E-state index contributed by atoms with van der Waals surface area (Å²) < 4.78 is 0. The number of fused-ring (bicyclic) bond motifs is 1. The minimum absolute atomic E-state index is 0.0444. The predicted molar refractivity (Wildman–Crippen MR) is 73.3 cm³/mol. The number of carbonyl (C=O) groups excluding carboxylic acids is 1. The van der Waals surface area contributed by atoms with Gasteiger partial charge in [0.05, 0.1) is 0 Å². The van der Waals surface area contributed by atoms with E-state index < -0.39 is 0 Å². The van der Waals surface area contributed by atoms with Crippen molar-refractivity contribution in [1.29, 1.82) is 0 Å². The molecule has 1 aliphatic heterocycles. The van der Waals surface area contributed by atoms with Crippen LogP contribution in [0.1, 0.15) is 31.2 Å². The molecule has 0 aromatic heterocycles. The molecule has 1 N–H and O–H groups in total. The normalized spacial score (nSPS) is 19.1. The summed E-state index contributed by atoms with van der Waals surface area (Å²) in [4.78, 5) is 14.1. The molecule has 1 fully saturated rings. The minimum atomic E-state index is 0.0444. The first-order valence-corrected chi connectivity index (χ1v) is 6.98. The summed E-state index contributed by atoms with van der Waals surface area (Å²) in [5.74, 6) is 0. The van der Waals surface area contributed by atoms with E-state index >= 15 is 0 Å². The summed E-state index contributed by atoms with van der Waals surface area (Å²) in [6.45, 7) is 0.758. The van der Waals surface area contributed by atoms with Crippen LogP contribution in [0.5, 0.6) is 0 Å². The molecule has 3 nitrogen and oxygen atoms in total. The van der Waals surface area contributed by atoms with Crippen LogP contribution in [-0.4, -0.2) is 18.6 Å². The number of hydrogen-bond donors (Lipinski definition) is 1. The molecular weight excluding hydrogens is 248 g/mol. The van der Waals surface area contributed by atoms with E-state index in [4.69, 9.17) is 11.6 Å². The first-order valence-electron chi connectivity index (χ1n) is 6.60. The molecule has 1 aromatic carbocycles. The third-order valence-corrected chi connectivity index (χ3v) is 4.10. The first kappa shape index (κ1) is 11.8. The van der Waals surface area contributed by atoms with Crippen LogP contribution in [-0.2, 0) is 6.42 Å². The Bertz CT molecular complexity index is 469. The summed E-state index contributed by atoms with van der Waals surface area (Å²) in [6, 6.07) is 6.16. The van der Waals surface area contributed by atoms with Crippen molar-refractivity contribution in [3.63, 3.8) is 0 Å². The number of nitrogens with zero attached hydrogens (tertiary/aromatic N) is 1. The van der Waals surface area contributed by atoms with Crippen molar-refractivity contribution in [1.82, 2.24) is 5.32 Å². The lowest BCUT2D eigenvalue weighted by molar-refractivity contribution is 0.243. The molecule has 1 saturated carbocycles. The van der Waals surface area contributed by atoms with Crippen LogP contribution >= 0.6 is 11.6 Å². The summed E-state index contributed by atoms with van der Waals surface area (Å²) in [5.41, 5.74) is 2.18. The third-order valence-electron chi connectivity index (χ3n) is 3.87. The van der Waals surface area contributed by atoms with Crippen molar-refractivity contribution in [3.8, 4) is 0 Å². The maximum absolute atomic E-state index is 12.2. The molecule has 96 valence electrons. The molecule has 0 saturated heterocycles. The molecule has 0 unspecified atom stereocenters. The lowest BCUT2D eigenvalue weighted by Gasteiger charge is -2.21. The SMILES string of the molecule is O=C(NC1CCCC1)N1CCc2cc(Cl)ccc21. The average molecular weight is 265 g/mol. The van der Waals surface area contributed by atoms with Gasteiger partial charge in [0.15, 0.2) is 0 Å². The van der Waals surface area contributed by atoms with Gasteiger partial charge in [-0.15, -0.1) is 0 Å². The van der Waals surface area contributed by atoms with E-state index in [1.165, 1.54) is 18.4 Å².